The fraction of sp³-hybridized carbons (Fsp3) is 0.0156. The van der Waals surface area contributed by atoms with Crippen molar-refractivity contribution in [1.29, 1.82) is 0 Å². The normalized spacial score (nSPS) is 12.0. The van der Waals surface area contributed by atoms with Gasteiger partial charge in [-0.25, -0.2) is 4.98 Å². The van der Waals surface area contributed by atoms with Crippen molar-refractivity contribution in [3.63, 3.8) is 0 Å². The van der Waals surface area contributed by atoms with Gasteiger partial charge in [0.1, 0.15) is 5.75 Å². The summed E-state index contributed by atoms with van der Waals surface area (Å²) in [4.78, 5) is 4.89. The number of nitrogens with zero attached hydrogens (tertiary/aromatic N) is 6. The third-order valence-corrected chi connectivity index (χ3v) is 14.7. The van der Waals surface area contributed by atoms with Gasteiger partial charge in [0.05, 0.1) is 86.0 Å². The largest absolute Gasteiger partial charge is 0.497 e. The van der Waals surface area contributed by atoms with E-state index in [1.807, 2.05) is 12.5 Å². The summed E-state index contributed by atoms with van der Waals surface area (Å²) >= 11 is 0. The topological polar surface area (TPSA) is 46.8 Å². The third-order valence-electron chi connectivity index (χ3n) is 14.7. The Balaban J connectivity index is 1.34. The molecule has 0 amide bonds. The lowest BCUT2D eigenvalue weighted by molar-refractivity contribution is 0.415. The number of imidazole rings is 1. The Bertz CT molecular complexity index is 4160. The van der Waals surface area contributed by atoms with Gasteiger partial charge >= 0.3 is 0 Å². The van der Waals surface area contributed by atoms with Crippen LogP contribution in [-0.4, -0.2) is 34.9 Å². The van der Waals surface area contributed by atoms with E-state index in [1.165, 1.54) is 43.1 Å². The molecule has 0 radical (unpaired) electrons. The molecule has 15 rings (SSSR count). The maximum absolute atomic E-state index is 5.94. The highest BCUT2D eigenvalue weighted by atomic mass is 16.5. The monoisotopic (exact) mass is 910 g/mol. The summed E-state index contributed by atoms with van der Waals surface area (Å²) < 4.78 is 18.3. The van der Waals surface area contributed by atoms with Crippen molar-refractivity contribution < 1.29 is 4.74 Å². The Hall–Kier alpha value is -9.59. The molecule has 0 aliphatic rings. The Morgan fingerprint density at radius 1 is 0.310 bits per heavy atom. The van der Waals surface area contributed by atoms with Crippen LogP contribution in [0.1, 0.15) is 0 Å². The molecular formula is C64H42N6O. The van der Waals surface area contributed by atoms with Gasteiger partial charge in [-0.2, -0.15) is 0 Å². The van der Waals surface area contributed by atoms with Gasteiger partial charge in [0.2, 0.25) is 0 Å². The molecule has 334 valence electrons. The quantitative estimate of drug-likeness (QED) is 0.160. The molecule has 0 spiro atoms. The number of para-hydroxylation sites is 8. The summed E-state index contributed by atoms with van der Waals surface area (Å²) in [6.45, 7) is 0. The molecule has 0 atom stereocenters. The van der Waals surface area contributed by atoms with Crippen LogP contribution in [0.3, 0.4) is 0 Å². The maximum Gasteiger partial charge on any atom is 0.118 e. The fourth-order valence-electron chi connectivity index (χ4n) is 11.9. The van der Waals surface area contributed by atoms with Crippen molar-refractivity contribution in [2.24, 2.45) is 0 Å². The van der Waals surface area contributed by atoms with Gasteiger partial charge in [0.25, 0.3) is 0 Å². The Labute approximate surface area is 407 Å². The minimum Gasteiger partial charge on any atom is -0.497 e. The van der Waals surface area contributed by atoms with Crippen molar-refractivity contribution in [3.8, 4) is 45.3 Å². The second-order valence-corrected chi connectivity index (χ2v) is 18.3. The molecular weight excluding hydrogens is 869 g/mol. The van der Waals surface area contributed by atoms with E-state index in [1.54, 1.807) is 7.11 Å². The van der Waals surface area contributed by atoms with Crippen molar-refractivity contribution in [3.05, 3.63) is 237 Å². The number of methoxy groups -OCH3 is 1. The number of benzene rings is 10. The van der Waals surface area contributed by atoms with Crippen LogP contribution in [0.25, 0.3) is 127 Å². The van der Waals surface area contributed by atoms with Crippen LogP contribution in [0.15, 0.2) is 237 Å². The van der Waals surface area contributed by atoms with Gasteiger partial charge < -0.3 is 27.6 Å². The zero-order valence-corrected chi connectivity index (χ0v) is 38.6. The minimum absolute atomic E-state index is 0.783. The standard InChI is InChI=1S/C64H42N6O/c1-71-42-36-34-41(35-37-42)59-60(67-51-26-10-2-18-43(51)44-19-3-11-27-52(44)67)63(69-55-30-14-6-22-47(55)48-23-7-15-31-56(48)69)62(66-39-38-65-40-66)64(70-57-32-16-8-24-49(57)50-25-9-17-33-58(50)70)61(59)68-53-28-12-4-20-45(53)46-21-5-13-29-54(46)68/h2-40H,1H3. The first-order valence-corrected chi connectivity index (χ1v) is 24.1. The average molecular weight is 911 g/mol. The first-order chi connectivity index (χ1) is 35.3. The molecule has 7 nitrogen and oxygen atoms in total. The van der Waals surface area contributed by atoms with Gasteiger partial charge in [0.15, 0.2) is 0 Å². The van der Waals surface area contributed by atoms with Crippen LogP contribution in [0, 0.1) is 0 Å². The highest BCUT2D eigenvalue weighted by Crippen LogP contribution is 2.53. The van der Waals surface area contributed by atoms with Crippen LogP contribution in [0.4, 0.5) is 0 Å². The molecule has 0 N–H and O–H groups in total. The Kier molecular flexibility index (Phi) is 8.44. The van der Waals surface area contributed by atoms with E-state index in [0.717, 1.165) is 89.4 Å². The molecule has 0 bridgehead atoms. The minimum atomic E-state index is 0.783. The molecule has 5 aromatic heterocycles. The molecule has 0 saturated heterocycles. The summed E-state index contributed by atoms with van der Waals surface area (Å²) in [5.74, 6) is 0.783. The lowest BCUT2D eigenvalue weighted by Gasteiger charge is -2.31. The van der Waals surface area contributed by atoms with E-state index >= 15 is 0 Å². The summed E-state index contributed by atoms with van der Waals surface area (Å²) in [6.07, 6.45) is 5.99. The summed E-state index contributed by atoms with van der Waals surface area (Å²) in [6, 6.07) is 79.6. The van der Waals surface area contributed by atoms with Gasteiger partial charge in [-0.15, -0.1) is 0 Å². The fourth-order valence-corrected chi connectivity index (χ4v) is 11.9. The van der Waals surface area contributed by atoms with Crippen molar-refractivity contribution in [2.45, 2.75) is 0 Å². The molecule has 7 heteroatoms. The van der Waals surface area contributed by atoms with Crippen LogP contribution in [0.2, 0.25) is 0 Å². The second-order valence-electron chi connectivity index (χ2n) is 18.3. The van der Waals surface area contributed by atoms with Crippen LogP contribution < -0.4 is 4.74 Å². The van der Waals surface area contributed by atoms with E-state index in [0.29, 0.717) is 0 Å². The number of ether oxygens (including phenoxy) is 1. The average Bonchev–Trinajstić information content (AvgIpc) is 4.28. The number of hydrogen-bond donors (Lipinski definition) is 0. The maximum atomic E-state index is 5.94. The molecule has 0 aliphatic heterocycles. The predicted molar refractivity (Wildman–Crippen MR) is 293 cm³/mol. The molecule has 0 fully saturated rings. The highest BCUT2D eigenvalue weighted by molar-refractivity contribution is 6.17. The zero-order valence-electron chi connectivity index (χ0n) is 38.6. The van der Waals surface area contributed by atoms with Gasteiger partial charge in [0, 0.05) is 61.0 Å². The number of hydrogen-bond acceptors (Lipinski definition) is 2. The molecule has 0 saturated carbocycles. The molecule has 0 aliphatic carbocycles. The predicted octanol–water partition coefficient (Wildman–Crippen LogP) is 15.9. The van der Waals surface area contributed by atoms with Gasteiger partial charge in [-0.05, 0) is 66.2 Å². The SMILES string of the molecule is COc1ccc(-c2c(-n3c4ccccc4c4ccccc43)c(-n3c4ccccc4c4ccccc43)c(-n3ccnc3)c(-n3c4ccccc4c4ccccc43)c2-n2c3ccccc3c3ccccc32)cc1. The van der Waals surface area contributed by atoms with E-state index in [9.17, 15) is 0 Å². The smallest absolute Gasteiger partial charge is 0.118 e. The highest BCUT2D eigenvalue weighted by Gasteiger charge is 2.35. The third kappa shape index (κ3) is 5.51. The van der Waals surface area contributed by atoms with Crippen molar-refractivity contribution >= 4 is 87.2 Å². The second kappa shape index (κ2) is 15.2. The molecule has 71 heavy (non-hydrogen) atoms. The zero-order chi connectivity index (χ0) is 46.7. The molecule has 0 unspecified atom stereocenters. The summed E-state index contributed by atoms with van der Waals surface area (Å²) in [5.41, 5.74) is 15.8. The summed E-state index contributed by atoms with van der Waals surface area (Å²) in [5, 5.41) is 9.37. The van der Waals surface area contributed by atoms with E-state index in [-0.39, 0.29) is 0 Å². The van der Waals surface area contributed by atoms with Gasteiger partial charge in [-0.3, -0.25) is 0 Å². The molecule has 15 aromatic rings. The van der Waals surface area contributed by atoms with Crippen molar-refractivity contribution in [2.75, 3.05) is 7.11 Å². The Morgan fingerprint density at radius 2 is 0.592 bits per heavy atom. The lowest BCUT2D eigenvalue weighted by Crippen LogP contribution is -2.18. The Morgan fingerprint density at radius 3 is 0.859 bits per heavy atom. The molecule has 5 heterocycles. The van der Waals surface area contributed by atoms with Crippen LogP contribution in [-0.2, 0) is 0 Å². The van der Waals surface area contributed by atoms with E-state index in [2.05, 4.69) is 247 Å². The number of aromatic nitrogens is 6. The van der Waals surface area contributed by atoms with Crippen LogP contribution >= 0.6 is 0 Å². The van der Waals surface area contributed by atoms with Crippen molar-refractivity contribution in [1.82, 2.24) is 27.8 Å². The van der Waals surface area contributed by atoms with Gasteiger partial charge in [-0.1, -0.05) is 158 Å². The lowest BCUT2D eigenvalue weighted by atomic mass is 9.95. The number of rotatable bonds is 7. The van der Waals surface area contributed by atoms with E-state index < -0.39 is 0 Å². The van der Waals surface area contributed by atoms with E-state index in [4.69, 9.17) is 9.72 Å². The first-order valence-electron chi connectivity index (χ1n) is 24.1. The first kappa shape index (κ1) is 39.4. The molecule has 10 aromatic carbocycles. The summed E-state index contributed by atoms with van der Waals surface area (Å²) in [7, 11) is 1.74. The number of fused-ring (bicyclic) bond motifs is 12. The van der Waals surface area contributed by atoms with Crippen LogP contribution in [0.5, 0.6) is 5.75 Å².